The first-order chi connectivity index (χ1) is 7.22. The Morgan fingerprint density at radius 1 is 1.27 bits per heavy atom. The highest BCUT2D eigenvalue weighted by Gasteiger charge is 1.98. The van der Waals surface area contributed by atoms with Gasteiger partial charge in [-0.15, -0.1) is 0 Å². The monoisotopic (exact) mass is 228 g/mol. The van der Waals surface area contributed by atoms with Crippen LogP contribution in [-0.2, 0) is 6.54 Å². The molecule has 3 N–H and O–H groups in total. The van der Waals surface area contributed by atoms with Crippen LogP contribution in [0.1, 0.15) is 5.56 Å². The lowest BCUT2D eigenvalue weighted by molar-refractivity contribution is 0.234. The maximum absolute atomic E-state index is 11.1. The molecule has 2 amide bonds. The van der Waals surface area contributed by atoms with E-state index in [0.717, 1.165) is 5.56 Å². The highest BCUT2D eigenvalue weighted by molar-refractivity contribution is 6.30. The Morgan fingerprint density at radius 3 is 2.53 bits per heavy atom. The first kappa shape index (κ1) is 11.8. The second-order valence-corrected chi connectivity index (χ2v) is 3.40. The van der Waals surface area contributed by atoms with Crippen LogP contribution in [-0.4, -0.2) is 24.3 Å². The van der Waals surface area contributed by atoms with Crippen LogP contribution >= 0.6 is 11.6 Å². The molecule has 0 bridgehead atoms. The van der Waals surface area contributed by atoms with Gasteiger partial charge in [-0.2, -0.15) is 0 Å². The van der Waals surface area contributed by atoms with E-state index in [2.05, 4.69) is 10.6 Å². The summed E-state index contributed by atoms with van der Waals surface area (Å²) in [6.45, 7) is 0.634. The van der Waals surface area contributed by atoms with Crippen LogP contribution in [0.2, 0.25) is 5.02 Å². The van der Waals surface area contributed by atoms with Crippen LogP contribution in [0, 0.1) is 0 Å². The summed E-state index contributed by atoms with van der Waals surface area (Å²) in [5, 5.41) is 14.3. The molecule has 0 saturated heterocycles. The number of nitrogens with one attached hydrogen (secondary N) is 2. The van der Waals surface area contributed by atoms with E-state index in [1.807, 2.05) is 12.1 Å². The maximum Gasteiger partial charge on any atom is 0.315 e. The first-order valence-electron chi connectivity index (χ1n) is 4.59. The Labute approximate surface area is 93.2 Å². The number of rotatable bonds is 4. The van der Waals surface area contributed by atoms with E-state index < -0.39 is 0 Å². The van der Waals surface area contributed by atoms with Crippen molar-refractivity contribution in [1.82, 2.24) is 10.6 Å². The fourth-order valence-corrected chi connectivity index (χ4v) is 1.14. The number of benzene rings is 1. The average molecular weight is 229 g/mol. The van der Waals surface area contributed by atoms with Crippen molar-refractivity contribution in [3.63, 3.8) is 0 Å². The number of halogens is 1. The van der Waals surface area contributed by atoms with Crippen molar-refractivity contribution in [3.8, 4) is 0 Å². The molecule has 15 heavy (non-hydrogen) atoms. The standard InChI is InChI=1S/C10H13ClN2O2/c11-9-3-1-8(2-4-9)7-13-10(15)12-5-6-14/h1-4,14H,5-7H2,(H2,12,13,15). The van der Waals surface area contributed by atoms with Gasteiger partial charge in [-0.1, -0.05) is 23.7 Å². The fourth-order valence-electron chi connectivity index (χ4n) is 1.02. The molecular weight excluding hydrogens is 216 g/mol. The minimum absolute atomic E-state index is 0.0611. The minimum atomic E-state index is -0.293. The molecule has 4 nitrogen and oxygen atoms in total. The molecule has 5 heteroatoms. The second-order valence-electron chi connectivity index (χ2n) is 2.96. The van der Waals surface area contributed by atoms with Crippen LogP contribution in [0.4, 0.5) is 4.79 Å². The van der Waals surface area contributed by atoms with Gasteiger partial charge in [-0.05, 0) is 17.7 Å². The number of aliphatic hydroxyl groups is 1. The van der Waals surface area contributed by atoms with Crippen molar-refractivity contribution in [2.75, 3.05) is 13.2 Å². The lowest BCUT2D eigenvalue weighted by Crippen LogP contribution is -2.36. The van der Waals surface area contributed by atoms with Crippen LogP contribution in [0.15, 0.2) is 24.3 Å². The molecule has 0 atom stereocenters. The number of hydrogen-bond acceptors (Lipinski definition) is 2. The van der Waals surface area contributed by atoms with Gasteiger partial charge in [-0.25, -0.2) is 4.79 Å². The first-order valence-corrected chi connectivity index (χ1v) is 4.97. The summed E-state index contributed by atoms with van der Waals surface area (Å²) < 4.78 is 0. The number of aliphatic hydroxyl groups excluding tert-OH is 1. The van der Waals surface area contributed by atoms with E-state index in [1.165, 1.54) is 0 Å². The molecule has 1 aromatic carbocycles. The van der Waals surface area contributed by atoms with E-state index in [0.29, 0.717) is 11.6 Å². The molecule has 82 valence electrons. The molecule has 0 saturated carbocycles. The summed E-state index contributed by atoms with van der Waals surface area (Å²) in [6, 6.07) is 6.93. The predicted molar refractivity (Wildman–Crippen MR) is 58.8 cm³/mol. The molecule has 0 fully saturated rings. The molecule has 0 radical (unpaired) electrons. The van der Waals surface area contributed by atoms with Gasteiger partial charge in [0, 0.05) is 18.1 Å². The fraction of sp³-hybridized carbons (Fsp3) is 0.300. The summed E-state index contributed by atoms with van der Waals surface area (Å²) in [6.07, 6.45) is 0. The van der Waals surface area contributed by atoms with E-state index >= 15 is 0 Å². The summed E-state index contributed by atoms with van der Waals surface area (Å²) >= 11 is 5.72. The van der Waals surface area contributed by atoms with Crippen molar-refractivity contribution in [1.29, 1.82) is 0 Å². The second kappa shape index (κ2) is 6.27. The molecule has 0 unspecified atom stereocenters. The third-order valence-electron chi connectivity index (χ3n) is 1.76. The molecule has 0 aliphatic rings. The summed E-state index contributed by atoms with van der Waals surface area (Å²) in [5.41, 5.74) is 0.971. The lowest BCUT2D eigenvalue weighted by atomic mass is 10.2. The smallest absolute Gasteiger partial charge is 0.315 e. The summed E-state index contributed by atoms with van der Waals surface area (Å²) in [7, 11) is 0. The summed E-state index contributed by atoms with van der Waals surface area (Å²) in [4.78, 5) is 11.1. The van der Waals surface area contributed by atoms with Gasteiger partial charge in [-0.3, -0.25) is 0 Å². The highest BCUT2D eigenvalue weighted by atomic mass is 35.5. The van der Waals surface area contributed by atoms with Crippen LogP contribution < -0.4 is 10.6 Å². The molecule has 1 aromatic rings. The van der Waals surface area contributed by atoms with Gasteiger partial charge in [0.25, 0.3) is 0 Å². The third kappa shape index (κ3) is 4.67. The van der Waals surface area contributed by atoms with Crippen molar-refractivity contribution >= 4 is 17.6 Å². The Kier molecular flexibility index (Phi) is 4.93. The molecule has 0 aromatic heterocycles. The molecule has 0 spiro atoms. The van der Waals surface area contributed by atoms with Crippen LogP contribution in [0.5, 0.6) is 0 Å². The van der Waals surface area contributed by atoms with E-state index in [-0.39, 0.29) is 19.2 Å². The van der Waals surface area contributed by atoms with Gasteiger partial charge >= 0.3 is 6.03 Å². The van der Waals surface area contributed by atoms with Gasteiger partial charge in [0.05, 0.1) is 6.61 Å². The van der Waals surface area contributed by atoms with Crippen LogP contribution in [0.3, 0.4) is 0 Å². The zero-order valence-electron chi connectivity index (χ0n) is 8.16. The zero-order valence-corrected chi connectivity index (χ0v) is 8.92. The molecule has 0 heterocycles. The Morgan fingerprint density at radius 2 is 1.93 bits per heavy atom. The number of hydrogen-bond donors (Lipinski definition) is 3. The Hall–Kier alpha value is -1.26. The quantitative estimate of drug-likeness (QED) is 0.724. The number of carbonyl (C=O) groups is 1. The molecule has 1 rings (SSSR count). The largest absolute Gasteiger partial charge is 0.395 e. The topological polar surface area (TPSA) is 61.4 Å². The third-order valence-corrected chi connectivity index (χ3v) is 2.02. The van der Waals surface area contributed by atoms with Gasteiger partial charge in [0.2, 0.25) is 0 Å². The van der Waals surface area contributed by atoms with Crippen molar-refractivity contribution in [3.05, 3.63) is 34.9 Å². The Bertz CT molecular complexity index is 314. The van der Waals surface area contributed by atoms with Crippen molar-refractivity contribution < 1.29 is 9.90 Å². The van der Waals surface area contributed by atoms with Crippen molar-refractivity contribution in [2.45, 2.75) is 6.54 Å². The average Bonchev–Trinajstić information content (AvgIpc) is 2.25. The van der Waals surface area contributed by atoms with E-state index in [9.17, 15) is 4.79 Å². The molecule has 0 aliphatic carbocycles. The van der Waals surface area contributed by atoms with Gasteiger partial charge in [0.1, 0.15) is 0 Å². The SMILES string of the molecule is O=C(NCCO)NCc1ccc(Cl)cc1. The molecular formula is C10H13ClN2O2. The molecule has 0 aliphatic heterocycles. The normalized spacial score (nSPS) is 9.73. The van der Waals surface area contributed by atoms with Gasteiger partial charge in [0.15, 0.2) is 0 Å². The zero-order chi connectivity index (χ0) is 11.1. The van der Waals surface area contributed by atoms with E-state index in [1.54, 1.807) is 12.1 Å². The van der Waals surface area contributed by atoms with E-state index in [4.69, 9.17) is 16.7 Å². The van der Waals surface area contributed by atoms with Crippen LogP contribution in [0.25, 0.3) is 0 Å². The van der Waals surface area contributed by atoms with Gasteiger partial charge < -0.3 is 15.7 Å². The number of carbonyl (C=O) groups excluding carboxylic acids is 1. The summed E-state index contributed by atoms with van der Waals surface area (Å²) in [5.74, 6) is 0. The number of urea groups is 1. The maximum atomic E-state index is 11.1. The highest BCUT2D eigenvalue weighted by Crippen LogP contribution is 2.08. The lowest BCUT2D eigenvalue weighted by Gasteiger charge is -2.06. The Balaban J connectivity index is 2.30. The van der Waals surface area contributed by atoms with Crippen molar-refractivity contribution in [2.24, 2.45) is 0 Å². The number of amides is 2. The predicted octanol–water partition coefficient (Wildman–Crippen LogP) is 1.13. The minimum Gasteiger partial charge on any atom is -0.395 e.